The number of nitrogen functional groups attached to an aromatic ring is 1. The van der Waals surface area contributed by atoms with Crippen LogP contribution in [0.15, 0.2) is 34.7 Å². The molecule has 5 nitrogen and oxygen atoms in total. The van der Waals surface area contributed by atoms with Crippen LogP contribution >= 0.6 is 11.3 Å². The Bertz CT molecular complexity index is 776. The van der Waals surface area contributed by atoms with Crippen LogP contribution in [0.4, 0.5) is 10.8 Å². The molecule has 0 saturated carbocycles. The van der Waals surface area contributed by atoms with Crippen molar-refractivity contribution in [2.24, 2.45) is 0 Å². The highest BCUT2D eigenvalue weighted by Gasteiger charge is 2.13. The maximum absolute atomic E-state index is 12.0. The Morgan fingerprint density at radius 1 is 1.40 bits per heavy atom. The molecule has 102 valence electrons. The summed E-state index contributed by atoms with van der Waals surface area (Å²) in [5.74, 6) is 0.782. The van der Waals surface area contributed by atoms with Gasteiger partial charge in [-0.3, -0.25) is 10.1 Å². The number of furan rings is 1. The number of nitrogens with zero attached hydrogens (tertiary/aromatic N) is 1. The Kier molecular flexibility index (Phi) is 3.15. The molecule has 0 bridgehead atoms. The summed E-state index contributed by atoms with van der Waals surface area (Å²) in [5, 5.41) is 3.27. The number of amides is 1. The molecule has 0 radical (unpaired) electrons. The molecule has 3 N–H and O–H groups in total. The zero-order valence-electron chi connectivity index (χ0n) is 10.8. The molecule has 0 fully saturated rings. The predicted molar refractivity (Wildman–Crippen MR) is 80.1 cm³/mol. The summed E-state index contributed by atoms with van der Waals surface area (Å²) >= 11 is 1.38. The molecule has 0 unspecified atom stereocenters. The smallest absolute Gasteiger partial charge is 0.293 e. The Morgan fingerprint density at radius 2 is 2.25 bits per heavy atom. The molecule has 20 heavy (non-hydrogen) atoms. The quantitative estimate of drug-likeness (QED) is 0.724. The minimum absolute atomic E-state index is 0.292. The predicted octanol–water partition coefficient (Wildman–Crippen LogP) is 3.29. The first-order valence-electron chi connectivity index (χ1n) is 6.22. The average Bonchev–Trinajstić information content (AvgIpc) is 3.03. The van der Waals surface area contributed by atoms with Crippen molar-refractivity contribution in [2.75, 3.05) is 11.1 Å². The van der Waals surface area contributed by atoms with Crippen LogP contribution in [-0.4, -0.2) is 10.9 Å². The molecular formula is C14H13N3O2S. The number of carbonyl (C=O) groups excluding carboxylic acids is 1. The van der Waals surface area contributed by atoms with Gasteiger partial charge in [0.15, 0.2) is 10.9 Å². The van der Waals surface area contributed by atoms with E-state index in [2.05, 4.69) is 10.3 Å². The van der Waals surface area contributed by atoms with Gasteiger partial charge in [-0.1, -0.05) is 18.3 Å². The second kappa shape index (κ2) is 4.97. The number of aromatic nitrogens is 1. The minimum Gasteiger partial charge on any atom is -0.456 e. The molecule has 6 heteroatoms. The van der Waals surface area contributed by atoms with E-state index in [0.29, 0.717) is 16.6 Å². The summed E-state index contributed by atoms with van der Waals surface area (Å²) in [5.41, 5.74) is 7.21. The molecule has 0 aliphatic rings. The van der Waals surface area contributed by atoms with E-state index in [-0.39, 0.29) is 5.91 Å². The van der Waals surface area contributed by atoms with Crippen molar-refractivity contribution in [1.29, 1.82) is 0 Å². The van der Waals surface area contributed by atoms with Gasteiger partial charge < -0.3 is 10.2 Å². The van der Waals surface area contributed by atoms with Gasteiger partial charge in [0.2, 0.25) is 0 Å². The number of aryl methyl sites for hydroxylation is 1. The van der Waals surface area contributed by atoms with Crippen molar-refractivity contribution in [3.8, 4) is 0 Å². The largest absolute Gasteiger partial charge is 0.456 e. The summed E-state index contributed by atoms with van der Waals surface area (Å²) < 4.78 is 6.34. The lowest BCUT2D eigenvalue weighted by atomic mass is 10.3. The van der Waals surface area contributed by atoms with Crippen LogP contribution in [0.2, 0.25) is 0 Å². The third kappa shape index (κ3) is 2.37. The highest BCUT2D eigenvalue weighted by Crippen LogP contribution is 2.27. The molecule has 0 aliphatic heterocycles. The second-order valence-electron chi connectivity index (χ2n) is 4.32. The first kappa shape index (κ1) is 12.7. The molecule has 0 atom stereocenters. The number of fused-ring (bicyclic) bond motifs is 1. The van der Waals surface area contributed by atoms with Crippen LogP contribution in [0, 0.1) is 0 Å². The van der Waals surface area contributed by atoms with Gasteiger partial charge >= 0.3 is 0 Å². The fraction of sp³-hybridized carbons (Fsp3) is 0.143. The van der Waals surface area contributed by atoms with Crippen molar-refractivity contribution < 1.29 is 9.21 Å². The maximum atomic E-state index is 12.0. The zero-order valence-corrected chi connectivity index (χ0v) is 11.7. The Balaban J connectivity index is 1.83. The van der Waals surface area contributed by atoms with Crippen LogP contribution in [0.1, 0.15) is 23.2 Å². The highest BCUT2D eigenvalue weighted by molar-refractivity contribution is 7.22. The number of benzene rings is 1. The number of carbonyl (C=O) groups is 1. The van der Waals surface area contributed by atoms with Crippen LogP contribution in [0.25, 0.3) is 10.2 Å². The lowest BCUT2D eigenvalue weighted by Crippen LogP contribution is -2.10. The van der Waals surface area contributed by atoms with Gasteiger partial charge in [0.1, 0.15) is 5.76 Å². The van der Waals surface area contributed by atoms with Gasteiger partial charge in [0.25, 0.3) is 5.91 Å². The number of rotatable bonds is 3. The number of hydrogen-bond donors (Lipinski definition) is 2. The van der Waals surface area contributed by atoms with Gasteiger partial charge in [-0.2, -0.15) is 0 Å². The third-order valence-electron chi connectivity index (χ3n) is 2.87. The molecule has 1 aromatic carbocycles. The molecule has 1 amide bonds. The first-order chi connectivity index (χ1) is 9.65. The van der Waals surface area contributed by atoms with Crippen molar-refractivity contribution >= 4 is 38.3 Å². The van der Waals surface area contributed by atoms with E-state index in [1.54, 1.807) is 18.2 Å². The Labute approximate surface area is 119 Å². The first-order valence-corrected chi connectivity index (χ1v) is 7.03. The SMILES string of the molecule is CCc1ccc(C(=O)Nc2nc3ccc(N)cc3s2)o1. The summed E-state index contributed by atoms with van der Waals surface area (Å²) in [4.78, 5) is 16.4. The molecule has 0 aliphatic carbocycles. The monoisotopic (exact) mass is 287 g/mol. The van der Waals surface area contributed by atoms with E-state index in [9.17, 15) is 4.79 Å². The van der Waals surface area contributed by atoms with Crippen molar-refractivity contribution in [2.45, 2.75) is 13.3 Å². The van der Waals surface area contributed by atoms with Gasteiger partial charge in [-0.05, 0) is 30.3 Å². The fourth-order valence-corrected chi connectivity index (χ4v) is 2.75. The molecule has 0 spiro atoms. The zero-order chi connectivity index (χ0) is 14.1. The minimum atomic E-state index is -0.295. The number of nitrogens with two attached hydrogens (primary N) is 1. The summed E-state index contributed by atoms with van der Waals surface area (Å²) in [6.07, 6.45) is 0.758. The normalized spacial score (nSPS) is 10.8. The topological polar surface area (TPSA) is 81.2 Å². The van der Waals surface area contributed by atoms with E-state index in [0.717, 1.165) is 22.4 Å². The number of anilines is 2. The van der Waals surface area contributed by atoms with Gasteiger partial charge in [-0.25, -0.2) is 4.98 Å². The van der Waals surface area contributed by atoms with Gasteiger partial charge in [0.05, 0.1) is 10.2 Å². The summed E-state index contributed by atoms with van der Waals surface area (Å²) in [6, 6.07) is 8.92. The molecule has 2 aromatic heterocycles. The van der Waals surface area contributed by atoms with Crippen molar-refractivity contribution in [3.05, 3.63) is 41.9 Å². The number of thiazole rings is 1. The van der Waals surface area contributed by atoms with Crippen molar-refractivity contribution in [3.63, 3.8) is 0 Å². The van der Waals surface area contributed by atoms with Crippen LogP contribution in [0.5, 0.6) is 0 Å². The van der Waals surface area contributed by atoms with E-state index >= 15 is 0 Å². The fourth-order valence-electron chi connectivity index (χ4n) is 1.84. The maximum Gasteiger partial charge on any atom is 0.293 e. The lowest BCUT2D eigenvalue weighted by molar-refractivity contribution is 0.0995. The van der Waals surface area contributed by atoms with Gasteiger partial charge in [-0.15, -0.1) is 0 Å². The Hall–Kier alpha value is -2.34. The highest BCUT2D eigenvalue weighted by atomic mass is 32.1. The van der Waals surface area contributed by atoms with Gasteiger partial charge in [0, 0.05) is 12.1 Å². The standard InChI is InChI=1S/C14H13N3O2S/c1-2-9-4-6-11(19-9)13(18)17-14-16-10-5-3-8(15)7-12(10)20-14/h3-7H,2,15H2,1H3,(H,16,17,18). The lowest BCUT2D eigenvalue weighted by Gasteiger charge is -1.97. The van der Waals surface area contributed by atoms with E-state index < -0.39 is 0 Å². The number of hydrogen-bond acceptors (Lipinski definition) is 5. The summed E-state index contributed by atoms with van der Waals surface area (Å²) in [7, 11) is 0. The summed E-state index contributed by atoms with van der Waals surface area (Å²) in [6.45, 7) is 1.97. The average molecular weight is 287 g/mol. The van der Waals surface area contributed by atoms with Crippen LogP contribution in [-0.2, 0) is 6.42 Å². The molecule has 3 aromatic rings. The third-order valence-corrected chi connectivity index (χ3v) is 3.80. The van der Waals surface area contributed by atoms with Crippen LogP contribution in [0.3, 0.4) is 0 Å². The van der Waals surface area contributed by atoms with Crippen LogP contribution < -0.4 is 11.1 Å². The second-order valence-corrected chi connectivity index (χ2v) is 5.35. The molecule has 0 saturated heterocycles. The Morgan fingerprint density at radius 3 is 3.00 bits per heavy atom. The van der Waals surface area contributed by atoms with E-state index in [4.69, 9.17) is 10.2 Å². The van der Waals surface area contributed by atoms with Crippen molar-refractivity contribution in [1.82, 2.24) is 4.98 Å². The molecule has 3 rings (SSSR count). The molecular weight excluding hydrogens is 274 g/mol. The molecule has 2 heterocycles. The number of nitrogens with one attached hydrogen (secondary N) is 1. The van der Waals surface area contributed by atoms with E-state index in [1.807, 2.05) is 19.1 Å². The van der Waals surface area contributed by atoms with E-state index in [1.165, 1.54) is 11.3 Å².